The van der Waals surface area contributed by atoms with Crippen molar-refractivity contribution in [1.29, 1.82) is 0 Å². The number of hydrogen-bond acceptors (Lipinski definition) is 6. The van der Waals surface area contributed by atoms with Gasteiger partial charge in [-0.25, -0.2) is 4.79 Å². The summed E-state index contributed by atoms with van der Waals surface area (Å²) < 4.78 is 18.4. The number of aliphatic hydroxyl groups is 1. The Morgan fingerprint density at radius 3 is 1.98 bits per heavy atom. The molecule has 7 nitrogen and oxygen atoms in total. The van der Waals surface area contributed by atoms with Gasteiger partial charge in [-0.15, -0.1) is 0 Å². The third kappa shape index (κ3) is 9.12. The van der Waals surface area contributed by atoms with Crippen LogP contribution in [0.5, 0.6) is 0 Å². The number of nitrogens with one attached hydrogen (secondary N) is 1. The smallest absolute Gasteiger partial charge is 0.407 e. The van der Waals surface area contributed by atoms with Gasteiger partial charge in [0.25, 0.3) is 0 Å². The van der Waals surface area contributed by atoms with Crippen LogP contribution in [0.4, 0.5) is 4.79 Å². The van der Waals surface area contributed by atoms with E-state index in [0.717, 1.165) is 35.3 Å². The third-order valence-corrected chi connectivity index (χ3v) is 8.08. The Bertz CT molecular complexity index is 1440. The van der Waals surface area contributed by atoms with Crippen molar-refractivity contribution in [3.05, 3.63) is 155 Å². The number of carbonyl (C=O) groups is 1. The lowest BCUT2D eigenvalue weighted by molar-refractivity contribution is -0.276. The molecule has 0 unspecified atom stereocenters. The summed E-state index contributed by atoms with van der Waals surface area (Å²) in [6.45, 7) is 8.55. The van der Waals surface area contributed by atoms with Gasteiger partial charge in [-0.1, -0.05) is 129 Å². The molecule has 2 N–H and O–H groups in total. The van der Waals surface area contributed by atoms with Gasteiger partial charge in [0.1, 0.15) is 6.61 Å². The van der Waals surface area contributed by atoms with Gasteiger partial charge in [0.15, 0.2) is 6.29 Å². The van der Waals surface area contributed by atoms with Gasteiger partial charge in [-0.3, -0.25) is 4.90 Å². The van der Waals surface area contributed by atoms with E-state index in [1.807, 2.05) is 60.7 Å². The lowest BCUT2D eigenvalue weighted by Gasteiger charge is -2.43. The quantitative estimate of drug-likeness (QED) is 0.158. The molecule has 0 aromatic heterocycles. The molecule has 1 aliphatic rings. The maximum atomic E-state index is 11.8. The first-order valence-corrected chi connectivity index (χ1v) is 15.4. The second-order valence-electron chi connectivity index (χ2n) is 11.4. The van der Waals surface area contributed by atoms with Crippen LogP contribution in [0.2, 0.25) is 0 Å². The standard InChI is InChI=1S/C38H42N2O5/c1-3-22-43-38(42)39-23-29-14-20-34(21-15-29)37-44-35(28(2)36(45-37)33-18-16-32(27-41)17-19-33)26-40(24-30-10-6-4-7-11-30)25-31-12-8-5-9-13-31/h3-21,28,35-37,41H,1,22-27H2,2H3,(H,39,42)/t28-,35+,36+,37+/m1/s1. The summed E-state index contributed by atoms with van der Waals surface area (Å²) in [6, 6.07) is 36.9. The van der Waals surface area contributed by atoms with E-state index in [0.29, 0.717) is 13.1 Å². The molecule has 4 atom stereocenters. The van der Waals surface area contributed by atoms with Crippen molar-refractivity contribution in [3.8, 4) is 0 Å². The number of amides is 1. The summed E-state index contributed by atoms with van der Waals surface area (Å²) in [4.78, 5) is 14.3. The number of ether oxygens (including phenoxy) is 3. The number of carbonyl (C=O) groups excluding carboxylic acids is 1. The second kappa shape index (κ2) is 16.2. The van der Waals surface area contributed by atoms with E-state index in [-0.39, 0.29) is 31.3 Å². The molecule has 0 radical (unpaired) electrons. The number of nitrogens with zero attached hydrogens (tertiary/aromatic N) is 1. The van der Waals surface area contributed by atoms with Crippen LogP contribution >= 0.6 is 0 Å². The minimum absolute atomic E-state index is 0.00314. The SMILES string of the molecule is C=CCOC(=O)NCc1ccc([C@H]2O[C@@H](CN(Cc3ccccc3)Cc3ccccc3)[C@@H](C)[C@@H](c3ccc(CO)cc3)O2)cc1. The first kappa shape index (κ1) is 32.1. The summed E-state index contributed by atoms with van der Waals surface area (Å²) in [6.07, 6.45) is 0.130. The van der Waals surface area contributed by atoms with Gasteiger partial charge in [0, 0.05) is 37.7 Å². The minimum Gasteiger partial charge on any atom is -0.445 e. The van der Waals surface area contributed by atoms with Crippen LogP contribution in [0.25, 0.3) is 0 Å². The monoisotopic (exact) mass is 606 g/mol. The predicted octanol–water partition coefficient (Wildman–Crippen LogP) is 7.08. The zero-order valence-electron chi connectivity index (χ0n) is 25.8. The number of benzene rings is 4. The average molecular weight is 607 g/mol. The summed E-state index contributed by atoms with van der Waals surface area (Å²) in [7, 11) is 0. The van der Waals surface area contributed by atoms with E-state index >= 15 is 0 Å². The van der Waals surface area contributed by atoms with E-state index in [2.05, 4.69) is 72.3 Å². The Balaban J connectivity index is 1.37. The number of alkyl carbamates (subject to hydrolysis) is 1. The molecule has 1 saturated heterocycles. The topological polar surface area (TPSA) is 80.3 Å². The molecule has 5 rings (SSSR count). The molecule has 0 aliphatic carbocycles. The van der Waals surface area contributed by atoms with Crippen LogP contribution in [0.3, 0.4) is 0 Å². The fourth-order valence-electron chi connectivity index (χ4n) is 5.60. The Labute approximate surface area is 266 Å². The minimum atomic E-state index is -0.580. The summed E-state index contributed by atoms with van der Waals surface area (Å²) >= 11 is 0. The molecule has 0 bridgehead atoms. The molecule has 1 heterocycles. The first-order chi connectivity index (χ1) is 22.0. The highest BCUT2D eigenvalue weighted by Crippen LogP contribution is 2.42. The van der Waals surface area contributed by atoms with E-state index < -0.39 is 12.4 Å². The summed E-state index contributed by atoms with van der Waals surface area (Å²) in [5, 5.41) is 12.4. The van der Waals surface area contributed by atoms with Crippen LogP contribution < -0.4 is 5.32 Å². The number of aliphatic hydroxyl groups excluding tert-OH is 1. The number of rotatable bonds is 13. The van der Waals surface area contributed by atoms with Crippen molar-refractivity contribution in [2.75, 3.05) is 13.2 Å². The lowest BCUT2D eigenvalue weighted by Crippen LogP contribution is -2.44. The summed E-state index contributed by atoms with van der Waals surface area (Å²) in [5.41, 5.74) is 6.25. The normalized spacial score (nSPS) is 19.6. The second-order valence-corrected chi connectivity index (χ2v) is 11.4. The highest BCUT2D eigenvalue weighted by atomic mass is 16.7. The molecular formula is C38H42N2O5. The van der Waals surface area contributed by atoms with Gasteiger partial charge in [0.2, 0.25) is 0 Å². The zero-order chi connectivity index (χ0) is 31.4. The molecular weight excluding hydrogens is 564 g/mol. The van der Waals surface area contributed by atoms with Crippen LogP contribution in [-0.4, -0.2) is 35.4 Å². The molecule has 0 saturated carbocycles. The van der Waals surface area contributed by atoms with Gasteiger partial charge < -0.3 is 24.6 Å². The van der Waals surface area contributed by atoms with E-state index in [9.17, 15) is 9.90 Å². The zero-order valence-corrected chi connectivity index (χ0v) is 25.8. The van der Waals surface area contributed by atoms with E-state index in [1.54, 1.807) is 0 Å². The van der Waals surface area contributed by atoms with Crippen molar-refractivity contribution >= 4 is 6.09 Å². The molecule has 0 spiro atoms. The van der Waals surface area contributed by atoms with Crippen LogP contribution in [0.1, 0.15) is 52.7 Å². The Morgan fingerprint density at radius 2 is 1.40 bits per heavy atom. The fourth-order valence-corrected chi connectivity index (χ4v) is 5.60. The van der Waals surface area contributed by atoms with Crippen LogP contribution in [0.15, 0.2) is 122 Å². The molecule has 1 aliphatic heterocycles. The lowest BCUT2D eigenvalue weighted by atomic mass is 9.89. The molecule has 234 valence electrons. The average Bonchev–Trinajstić information content (AvgIpc) is 3.08. The Morgan fingerprint density at radius 1 is 0.822 bits per heavy atom. The van der Waals surface area contributed by atoms with Crippen molar-refractivity contribution in [3.63, 3.8) is 0 Å². The molecule has 4 aromatic carbocycles. The molecule has 45 heavy (non-hydrogen) atoms. The van der Waals surface area contributed by atoms with E-state index in [1.165, 1.54) is 17.2 Å². The van der Waals surface area contributed by atoms with Crippen molar-refractivity contribution in [2.45, 2.75) is 51.7 Å². The maximum Gasteiger partial charge on any atom is 0.407 e. The van der Waals surface area contributed by atoms with Crippen molar-refractivity contribution in [1.82, 2.24) is 10.2 Å². The molecule has 7 heteroatoms. The van der Waals surface area contributed by atoms with Crippen LogP contribution in [0, 0.1) is 5.92 Å². The van der Waals surface area contributed by atoms with Crippen LogP contribution in [-0.2, 0) is 40.5 Å². The highest BCUT2D eigenvalue weighted by molar-refractivity contribution is 5.67. The van der Waals surface area contributed by atoms with Crippen molar-refractivity contribution in [2.24, 2.45) is 5.92 Å². The van der Waals surface area contributed by atoms with E-state index in [4.69, 9.17) is 14.2 Å². The predicted molar refractivity (Wildman–Crippen MR) is 175 cm³/mol. The van der Waals surface area contributed by atoms with Gasteiger partial charge in [-0.2, -0.15) is 0 Å². The van der Waals surface area contributed by atoms with Gasteiger partial charge in [-0.05, 0) is 27.8 Å². The van der Waals surface area contributed by atoms with Gasteiger partial charge >= 0.3 is 6.09 Å². The third-order valence-electron chi connectivity index (χ3n) is 8.08. The maximum absolute atomic E-state index is 11.8. The highest BCUT2D eigenvalue weighted by Gasteiger charge is 2.39. The summed E-state index contributed by atoms with van der Waals surface area (Å²) in [5.74, 6) is 0.0559. The molecule has 4 aromatic rings. The molecule has 1 amide bonds. The largest absolute Gasteiger partial charge is 0.445 e. The Kier molecular flexibility index (Phi) is 11.5. The molecule has 1 fully saturated rings. The Hall–Kier alpha value is -4.27. The van der Waals surface area contributed by atoms with Crippen molar-refractivity contribution < 1.29 is 24.1 Å². The number of hydrogen-bond donors (Lipinski definition) is 2. The fraction of sp³-hybridized carbons (Fsp3) is 0.289. The van der Waals surface area contributed by atoms with Gasteiger partial charge in [0.05, 0.1) is 18.8 Å². The first-order valence-electron chi connectivity index (χ1n) is 15.4.